The van der Waals surface area contributed by atoms with Crippen LogP contribution >= 0.6 is 11.3 Å². The number of carbonyl (C=O) groups excluding carboxylic acids is 2. The van der Waals surface area contributed by atoms with Gasteiger partial charge in [-0.25, -0.2) is 0 Å². The van der Waals surface area contributed by atoms with Gasteiger partial charge in [0.15, 0.2) is 0 Å². The third kappa shape index (κ3) is 3.98. The van der Waals surface area contributed by atoms with Gasteiger partial charge in [-0.15, -0.1) is 11.3 Å². The molecule has 2 heterocycles. The van der Waals surface area contributed by atoms with E-state index in [1.165, 1.54) is 35.3 Å². The van der Waals surface area contributed by atoms with E-state index >= 15 is 0 Å². The Labute approximate surface area is 147 Å². The average Bonchev–Trinajstić information content (AvgIpc) is 2.87. The summed E-state index contributed by atoms with van der Waals surface area (Å²) in [6.45, 7) is 3.19. The number of rotatable bonds is 3. The molecule has 3 rings (SSSR count). The van der Waals surface area contributed by atoms with Gasteiger partial charge in [0.25, 0.3) is 0 Å². The standard InChI is InChI=1S/C18H27N3O2S/c1-12(22)21-9-13(6-7-15(19)10-21)18(23)20-8-14-11-24-17-5-3-2-4-16(14)17/h11,13,15H,2-10,19H2,1H3,(H,20,23)/t13-,15+/m1/s1. The molecule has 1 aliphatic heterocycles. The van der Waals surface area contributed by atoms with Crippen molar-refractivity contribution in [2.75, 3.05) is 13.1 Å². The van der Waals surface area contributed by atoms with E-state index in [0.29, 0.717) is 19.6 Å². The van der Waals surface area contributed by atoms with E-state index in [4.69, 9.17) is 5.73 Å². The summed E-state index contributed by atoms with van der Waals surface area (Å²) in [5, 5.41) is 5.29. The van der Waals surface area contributed by atoms with Crippen LogP contribution in [0.3, 0.4) is 0 Å². The number of thiophene rings is 1. The highest BCUT2D eigenvalue weighted by Crippen LogP contribution is 2.30. The molecule has 2 atom stereocenters. The summed E-state index contributed by atoms with van der Waals surface area (Å²) in [6.07, 6.45) is 6.39. The van der Waals surface area contributed by atoms with Crippen molar-refractivity contribution in [2.24, 2.45) is 11.7 Å². The van der Waals surface area contributed by atoms with Crippen molar-refractivity contribution in [3.63, 3.8) is 0 Å². The van der Waals surface area contributed by atoms with Crippen LogP contribution in [0.2, 0.25) is 0 Å². The number of hydrogen-bond donors (Lipinski definition) is 2. The van der Waals surface area contributed by atoms with E-state index in [-0.39, 0.29) is 23.8 Å². The lowest BCUT2D eigenvalue weighted by molar-refractivity contribution is -0.131. The molecule has 6 heteroatoms. The topological polar surface area (TPSA) is 75.4 Å². The highest BCUT2D eigenvalue weighted by atomic mass is 32.1. The first-order valence-corrected chi connectivity index (χ1v) is 9.79. The normalized spacial score (nSPS) is 24.2. The van der Waals surface area contributed by atoms with Crippen molar-refractivity contribution in [3.05, 3.63) is 21.4 Å². The quantitative estimate of drug-likeness (QED) is 0.874. The first-order valence-electron chi connectivity index (χ1n) is 8.91. The van der Waals surface area contributed by atoms with E-state index in [0.717, 1.165) is 19.3 Å². The highest BCUT2D eigenvalue weighted by Gasteiger charge is 2.28. The lowest BCUT2D eigenvalue weighted by atomic mass is 9.95. The van der Waals surface area contributed by atoms with Crippen LogP contribution in [0.5, 0.6) is 0 Å². The maximum absolute atomic E-state index is 12.6. The summed E-state index contributed by atoms with van der Waals surface area (Å²) in [5.41, 5.74) is 8.76. The molecule has 5 nitrogen and oxygen atoms in total. The minimum Gasteiger partial charge on any atom is -0.352 e. The molecule has 24 heavy (non-hydrogen) atoms. The van der Waals surface area contributed by atoms with E-state index < -0.39 is 0 Å². The van der Waals surface area contributed by atoms with Gasteiger partial charge in [-0.2, -0.15) is 0 Å². The summed E-state index contributed by atoms with van der Waals surface area (Å²) in [6, 6.07) is -0.0319. The van der Waals surface area contributed by atoms with Gasteiger partial charge < -0.3 is 16.0 Å². The second-order valence-electron chi connectivity index (χ2n) is 7.05. The Bertz CT molecular complexity index is 613. The summed E-state index contributed by atoms with van der Waals surface area (Å²) >= 11 is 1.83. The number of carbonyl (C=O) groups is 2. The zero-order valence-electron chi connectivity index (χ0n) is 14.3. The number of amides is 2. The SMILES string of the molecule is CC(=O)N1C[C@@H](N)CC[C@@H](C(=O)NCc2csc3c2CCCC3)C1. The zero-order chi connectivity index (χ0) is 17.1. The first kappa shape index (κ1) is 17.4. The second kappa shape index (κ2) is 7.66. The minimum atomic E-state index is -0.156. The van der Waals surface area contributed by atoms with E-state index in [2.05, 4.69) is 10.7 Å². The van der Waals surface area contributed by atoms with Gasteiger partial charge in [0.05, 0.1) is 5.92 Å². The lowest BCUT2D eigenvalue weighted by Crippen LogP contribution is -2.42. The van der Waals surface area contributed by atoms with Crippen LogP contribution in [0.1, 0.15) is 48.6 Å². The molecule has 1 aromatic rings. The highest BCUT2D eigenvalue weighted by molar-refractivity contribution is 7.10. The minimum absolute atomic E-state index is 0.00273. The van der Waals surface area contributed by atoms with Crippen LogP contribution in [0.4, 0.5) is 0 Å². The summed E-state index contributed by atoms with van der Waals surface area (Å²) in [7, 11) is 0. The maximum atomic E-state index is 12.6. The van der Waals surface area contributed by atoms with Crippen molar-refractivity contribution >= 4 is 23.2 Å². The lowest BCUT2D eigenvalue weighted by Gasteiger charge is -2.23. The van der Waals surface area contributed by atoms with Crippen molar-refractivity contribution in [2.45, 2.75) is 58.0 Å². The van der Waals surface area contributed by atoms with Crippen LogP contribution in [0, 0.1) is 5.92 Å². The van der Waals surface area contributed by atoms with Gasteiger partial charge in [-0.05, 0) is 55.0 Å². The first-order chi connectivity index (χ1) is 11.5. The fourth-order valence-corrected chi connectivity index (χ4v) is 4.88. The summed E-state index contributed by atoms with van der Waals surface area (Å²) in [5.74, 6) is -0.111. The molecular formula is C18H27N3O2S. The fraction of sp³-hybridized carbons (Fsp3) is 0.667. The Kier molecular flexibility index (Phi) is 5.56. The molecule has 0 aromatic carbocycles. The number of fused-ring (bicyclic) bond motifs is 1. The monoisotopic (exact) mass is 349 g/mol. The van der Waals surface area contributed by atoms with Crippen LogP contribution in [0.25, 0.3) is 0 Å². The largest absolute Gasteiger partial charge is 0.352 e. The van der Waals surface area contributed by atoms with Gasteiger partial charge in [0.1, 0.15) is 0 Å². The van der Waals surface area contributed by atoms with E-state index in [1.807, 2.05) is 11.3 Å². The number of hydrogen-bond acceptors (Lipinski definition) is 4. The van der Waals surface area contributed by atoms with Crippen LogP contribution in [-0.2, 0) is 29.0 Å². The van der Waals surface area contributed by atoms with E-state index in [9.17, 15) is 9.59 Å². The second-order valence-corrected chi connectivity index (χ2v) is 8.01. The molecule has 0 unspecified atom stereocenters. The van der Waals surface area contributed by atoms with Gasteiger partial charge >= 0.3 is 0 Å². The van der Waals surface area contributed by atoms with Crippen molar-refractivity contribution in [3.8, 4) is 0 Å². The smallest absolute Gasteiger partial charge is 0.225 e. The molecule has 3 N–H and O–H groups in total. The third-order valence-electron chi connectivity index (χ3n) is 5.20. The van der Waals surface area contributed by atoms with Gasteiger partial charge in [0.2, 0.25) is 11.8 Å². The summed E-state index contributed by atoms with van der Waals surface area (Å²) < 4.78 is 0. The Morgan fingerprint density at radius 1 is 1.29 bits per heavy atom. The number of nitrogens with two attached hydrogens (primary N) is 1. The van der Waals surface area contributed by atoms with E-state index in [1.54, 1.807) is 11.8 Å². The molecule has 0 radical (unpaired) electrons. The number of nitrogens with one attached hydrogen (secondary N) is 1. The zero-order valence-corrected chi connectivity index (χ0v) is 15.2. The predicted octanol–water partition coefficient (Wildman–Crippen LogP) is 1.83. The van der Waals surface area contributed by atoms with Crippen LogP contribution in [0.15, 0.2) is 5.38 Å². The molecule has 1 fully saturated rings. The molecule has 0 bridgehead atoms. The van der Waals surface area contributed by atoms with Crippen molar-refractivity contribution in [1.29, 1.82) is 0 Å². The molecule has 0 spiro atoms. The molecular weight excluding hydrogens is 322 g/mol. The third-order valence-corrected chi connectivity index (χ3v) is 6.34. The van der Waals surface area contributed by atoms with Crippen LogP contribution < -0.4 is 11.1 Å². The Balaban J connectivity index is 1.60. The molecule has 1 aliphatic carbocycles. The average molecular weight is 350 g/mol. The number of aryl methyl sites for hydroxylation is 1. The Morgan fingerprint density at radius 3 is 2.88 bits per heavy atom. The molecule has 1 aromatic heterocycles. The number of nitrogens with zero attached hydrogens (tertiary/aromatic N) is 1. The number of likely N-dealkylation sites (tertiary alicyclic amines) is 1. The van der Waals surface area contributed by atoms with Gasteiger partial charge in [-0.1, -0.05) is 0 Å². The molecule has 132 valence electrons. The van der Waals surface area contributed by atoms with Gasteiger partial charge in [-0.3, -0.25) is 9.59 Å². The van der Waals surface area contributed by atoms with Crippen molar-refractivity contribution in [1.82, 2.24) is 10.2 Å². The Hall–Kier alpha value is -1.40. The predicted molar refractivity (Wildman–Crippen MR) is 95.8 cm³/mol. The van der Waals surface area contributed by atoms with Gasteiger partial charge in [0, 0.05) is 37.5 Å². The molecule has 2 amide bonds. The molecule has 2 aliphatic rings. The maximum Gasteiger partial charge on any atom is 0.225 e. The molecule has 0 saturated carbocycles. The fourth-order valence-electron chi connectivity index (χ4n) is 3.73. The summed E-state index contributed by atoms with van der Waals surface area (Å²) in [4.78, 5) is 27.5. The van der Waals surface area contributed by atoms with Crippen molar-refractivity contribution < 1.29 is 9.59 Å². The Morgan fingerprint density at radius 2 is 2.08 bits per heavy atom. The molecule has 1 saturated heterocycles. The van der Waals surface area contributed by atoms with Crippen LogP contribution in [-0.4, -0.2) is 35.8 Å².